The Morgan fingerprint density at radius 2 is 1.72 bits per heavy atom. The van der Waals surface area contributed by atoms with Crippen LogP contribution >= 0.6 is 39.1 Å². The van der Waals surface area contributed by atoms with Crippen molar-refractivity contribution in [3.63, 3.8) is 0 Å². The van der Waals surface area contributed by atoms with Crippen LogP contribution in [0.2, 0.25) is 10.0 Å². The second-order valence-electron chi connectivity index (χ2n) is 7.84. The van der Waals surface area contributed by atoms with Gasteiger partial charge < -0.3 is 9.47 Å². The van der Waals surface area contributed by atoms with Gasteiger partial charge in [0.1, 0.15) is 12.2 Å². The van der Waals surface area contributed by atoms with Gasteiger partial charge in [0, 0.05) is 20.1 Å². The van der Waals surface area contributed by atoms with Crippen LogP contribution in [-0.4, -0.2) is 25.0 Å². The fraction of sp³-hybridized carbons (Fsp3) is 0.115. The van der Waals surface area contributed by atoms with Crippen molar-refractivity contribution in [2.24, 2.45) is 0 Å². The van der Waals surface area contributed by atoms with E-state index in [4.69, 9.17) is 32.7 Å². The Morgan fingerprint density at radius 3 is 2.39 bits per heavy atom. The molecule has 0 spiro atoms. The van der Waals surface area contributed by atoms with Crippen molar-refractivity contribution in [3.8, 4) is 11.5 Å². The summed E-state index contributed by atoms with van der Waals surface area (Å²) in [5.41, 5.74) is 2.31. The lowest BCUT2D eigenvalue weighted by molar-refractivity contribution is -0.122. The average molecular weight is 590 g/mol. The summed E-state index contributed by atoms with van der Waals surface area (Å²) in [7, 11) is 1.47. The van der Waals surface area contributed by atoms with Gasteiger partial charge in [0.05, 0.1) is 12.8 Å². The molecule has 1 aliphatic heterocycles. The average Bonchev–Trinajstić information content (AvgIpc) is 2.83. The first-order chi connectivity index (χ1) is 17.2. The van der Waals surface area contributed by atoms with Crippen molar-refractivity contribution in [2.45, 2.75) is 13.5 Å². The van der Waals surface area contributed by atoms with Crippen LogP contribution in [-0.2, 0) is 16.2 Å². The van der Waals surface area contributed by atoms with Gasteiger partial charge in [-0.1, -0.05) is 62.9 Å². The van der Waals surface area contributed by atoms with E-state index in [2.05, 4.69) is 21.2 Å². The monoisotopic (exact) mass is 588 g/mol. The van der Waals surface area contributed by atoms with E-state index in [1.165, 1.54) is 13.2 Å². The number of hydrogen-bond donors (Lipinski definition) is 1. The number of urea groups is 1. The number of aryl methyl sites for hydroxylation is 1. The number of methoxy groups -OCH3 is 1. The minimum absolute atomic E-state index is 0.160. The highest BCUT2D eigenvalue weighted by molar-refractivity contribution is 9.10. The summed E-state index contributed by atoms with van der Waals surface area (Å²) in [5.74, 6) is -0.758. The SMILES string of the molecule is COc1cc(/C=C2\C(=O)NC(=O)N(c3ccc(C)cc3)C2=O)c(Br)cc1OCc1ccc(Cl)cc1Cl. The summed E-state index contributed by atoms with van der Waals surface area (Å²) in [5, 5.41) is 3.20. The Labute approximate surface area is 225 Å². The van der Waals surface area contributed by atoms with Gasteiger partial charge in [-0.25, -0.2) is 9.69 Å². The topological polar surface area (TPSA) is 84.9 Å². The molecule has 7 nitrogen and oxygen atoms in total. The van der Waals surface area contributed by atoms with Crippen LogP contribution < -0.4 is 19.7 Å². The lowest BCUT2D eigenvalue weighted by atomic mass is 10.1. The maximum absolute atomic E-state index is 13.2. The van der Waals surface area contributed by atoms with Crippen LogP contribution in [0.5, 0.6) is 11.5 Å². The van der Waals surface area contributed by atoms with E-state index in [0.29, 0.717) is 37.3 Å². The summed E-state index contributed by atoms with van der Waals surface area (Å²) in [6, 6.07) is 14.4. The molecule has 1 heterocycles. The van der Waals surface area contributed by atoms with Crippen LogP contribution in [0.25, 0.3) is 6.08 Å². The highest BCUT2D eigenvalue weighted by atomic mass is 79.9. The number of amides is 4. The predicted octanol–water partition coefficient (Wildman–Crippen LogP) is 6.32. The zero-order valence-electron chi connectivity index (χ0n) is 19.1. The molecule has 4 rings (SSSR count). The third-order valence-corrected chi connectivity index (χ3v) is 6.65. The Hall–Kier alpha value is -3.33. The fourth-order valence-corrected chi connectivity index (χ4v) is 4.37. The molecule has 1 aliphatic rings. The summed E-state index contributed by atoms with van der Waals surface area (Å²) in [6.45, 7) is 2.05. The third-order valence-electron chi connectivity index (χ3n) is 5.37. The van der Waals surface area contributed by atoms with Crippen molar-refractivity contribution >= 4 is 68.7 Å². The molecular weight excluding hydrogens is 571 g/mol. The molecule has 3 aromatic rings. The van der Waals surface area contributed by atoms with Gasteiger partial charge in [0.15, 0.2) is 11.5 Å². The number of nitrogens with one attached hydrogen (secondary N) is 1. The molecule has 0 saturated carbocycles. The molecule has 0 radical (unpaired) electrons. The molecule has 4 amide bonds. The van der Waals surface area contributed by atoms with Crippen LogP contribution in [0, 0.1) is 6.92 Å². The number of anilines is 1. The maximum Gasteiger partial charge on any atom is 0.335 e. The number of rotatable bonds is 6. The van der Waals surface area contributed by atoms with E-state index < -0.39 is 17.8 Å². The minimum atomic E-state index is -0.813. The number of benzene rings is 3. The van der Waals surface area contributed by atoms with E-state index in [0.717, 1.165) is 16.0 Å². The molecule has 0 bridgehead atoms. The van der Waals surface area contributed by atoms with Gasteiger partial charge in [0.25, 0.3) is 11.8 Å². The largest absolute Gasteiger partial charge is 0.493 e. The molecule has 0 atom stereocenters. The first-order valence-corrected chi connectivity index (χ1v) is 12.1. The van der Waals surface area contributed by atoms with E-state index in [-0.39, 0.29) is 12.2 Å². The van der Waals surface area contributed by atoms with Crippen molar-refractivity contribution < 1.29 is 23.9 Å². The molecule has 1 saturated heterocycles. The van der Waals surface area contributed by atoms with Crippen LogP contribution in [0.3, 0.4) is 0 Å². The maximum atomic E-state index is 13.2. The van der Waals surface area contributed by atoms with Gasteiger partial charge in [-0.05, 0) is 55.0 Å². The first-order valence-electron chi connectivity index (χ1n) is 10.6. The molecule has 1 fully saturated rings. The zero-order valence-corrected chi connectivity index (χ0v) is 22.2. The normalized spacial score (nSPS) is 14.8. The smallest absolute Gasteiger partial charge is 0.335 e. The zero-order chi connectivity index (χ0) is 26.0. The minimum Gasteiger partial charge on any atom is -0.493 e. The number of carbonyl (C=O) groups excluding carboxylic acids is 3. The molecule has 184 valence electrons. The molecule has 1 N–H and O–H groups in total. The highest BCUT2D eigenvalue weighted by Gasteiger charge is 2.37. The van der Waals surface area contributed by atoms with Gasteiger partial charge >= 0.3 is 6.03 Å². The predicted molar refractivity (Wildman–Crippen MR) is 142 cm³/mol. The quantitative estimate of drug-likeness (QED) is 0.269. The fourth-order valence-electron chi connectivity index (χ4n) is 3.47. The number of barbiturate groups is 1. The molecule has 0 aliphatic carbocycles. The van der Waals surface area contributed by atoms with Crippen LogP contribution in [0.1, 0.15) is 16.7 Å². The van der Waals surface area contributed by atoms with Gasteiger partial charge in [0.2, 0.25) is 0 Å². The number of imide groups is 2. The van der Waals surface area contributed by atoms with E-state index >= 15 is 0 Å². The number of ether oxygens (including phenoxy) is 2. The Balaban J connectivity index is 1.64. The number of carbonyl (C=O) groups is 3. The third kappa shape index (κ3) is 5.41. The molecular formula is C26H19BrCl2N2O5. The lowest BCUT2D eigenvalue weighted by Gasteiger charge is -2.26. The van der Waals surface area contributed by atoms with E-state index in [1.807, 2.05) is 6.92 Å². The number of nitrogens with zero attached hydrogens (tertiary/aromatic N) is 1. The summed E-state index contributed by atoms with van der Waals surface area (Å²) in [4.78, 5) is 39.1. The van der Waals surface area contributed by atoms with Gasteiger partial charge in [-0.2, -0.15) is 0 Å². The second kappa shape index (κ2) is 10.7. The summed E-state index contributed by atoms with van der Waals surface area (Å²) >= 11 is 15.6. The van der Waals surface area contributed by atoms with Crippen LogP contribution in [0.4, 0.5) is 10.5 Å². The van der Waals surface area contributed by atoms with Crippen molar-refractivity contribution in [1.82, 2.24) is 5.32 Å². The van der Waals surface area contributed by atoms with Crippen molar-refractivity contribution in [2.75, 3.05) is 12.0 Å². The summed E-state index contributed by atoms with van der Waals surface area (Å²) < 4.78 is 11.9. The Bertz CT molecular complexity index is 1410. The summed E-state index contributed by atoms with van der Waals surface area (Å²) in [6.07, 6.45) is 1.39. The second-order valence-corrected chi connectivity index (χ2v) is 9.54. The Morgan fingerprint density at radius 1 is 1.00 bits per heavy atom. The van der Waals surface area contributed by atoms with E-state index in [9.17, 15) is 14.4 Å². The van der Waals surface area contributed by atoms with Gasteiger partial charge in [-0.15, -0.1) is 0 Å². The highest BCUT2D eigenvalue weighted by Crippen LogP contribution is 2.36. The first kappa shape index (κ1) is 25.8. The number of hydrogen-bond acceptors (Lipinski definition) is 5. The van der Waals surface area contributed by atoms with Crippen LogP contribution in [0.15, 0.2) is 64.6 Å². The van der Waals surface area contributed by atoms with Gasteiger partial charge in [-0.3, -0.25) is 14.9 Å². The standard InChI is InChI=1S/C26H19BrCl2N2O5/c1-14-3-7-18(8-4-14)31-25(33)19(24(32)30-26(31)34)9-16-10-22(35-2)23(12-20(16)27)36-13-15-5-6-17(28)11-21(15)29/h3-12H,13H2,1-2H3,(H,30,32,34)/b19-9+. The molecule has 0 aromatic heterocycles. The number of halogens is 3. The lowest BCUT2D eigenvalue weighted by Crippen LogP contribution is -2.54. The van der Waals surface area contributed by atoms with Crippen molar-refractivity contribution in [1.29, 1.82) is 0 Å². The molecule has 0 unspecified atom stereocenters. The van der Waals surface area contributed by atoms with Crippen molar-refractivity contribution in [3.05, 3.63) is 91.4 Å². The Kier molecular flexibility index (Phi) is 7.68. The van der Waals surface area contributed by atoms with E-state index in [1.54, 1.807) is 54.6 Å². The molecule has 36 heavy (non-hydrogen) atoms. The molecule has 3 aromatic carbocycles. The molecule has 10 heteroatoms.